The molecule has 1 heterocycles. The molecule has 0 aromatic carbocycles. The zero-order valence-electron chi connectivity index (χ0n) is 12.0. The van der Waals surface area contributed by atoms with Crippen molar-refractivity contribution in [2.45, 2.75) is 27.2 Å². The van der Waals surface area contributed by atoms with Gasteiger partial charge in [-0.3, -0.25) is 14.4 Å². The van der Waals surface area contributed by atoms with Gasteiger partial charge >= 0.3 is 5.97 Å². The molecule has 1 rings (SSSR count). The van der Waals surface area contributed by atoms with Gasteiger partial charge in [-0.2, -0.15) is 0 Å². The summed E-state index contributed by atoms with van der Waals surface area (Å²) >= 11 is 0. The number of aromatic amines is 1. The van der Waals surface area contributed by atoms with Crippen LogP contribution in [-0.2, 0) is 4.79 Å². The first kappa shape index (κ1) is 15.9. The Morgan fingerprint density at radius 3 is 2.45 bits per heavy atom. The summed E-state index contributed by atoms with van der Waals surface area (Å²) in [5, 5.41) is 8.74. The maximum atomic E-state index is 12.3. The monoisotopic (exact) mass is 280 g/mol. The number of ketones is 1. The number of carbonyl (C=O) groups excluding carboxylic acids is 2. The molecule has 110 valence electrons. The van der Waals surface area contributed by atoms with Gasteiger partial charge in [0, 0.05) is 24.8 Å². The van der Waals surface area contributed by atoms with Crippen molar-refractivity contribution in [3.05, 3.63) is 23.5 Å². The van der Waals surface area contributed by atoms with Crippen LogP contribution in [0.15, 0.2) is 12.3 Å². The second-order valence-corrected chi connectivity index (χ2v) is 5.15. The highest BCUT2D eigenvalue weighted by Gasteiger charge is 2.19. The average molecular weight is 280 g/mol. The molecule has 6 heteroatoms. The highest BCUT2D eigenvalue weighted by atomic mass is 16.4. The van der Waals surface area contributed by atoms with E-state index >= 15 is 0 Å². The van der Waals surface area contributed by atoms with Gasteiger partial charge in [0.1, 0.15) is 5.69 Å². The van der Waals surface area contributed by atoms with E-state index in [9.17, 15) is 14.4 Å². The van der Waals surface area contributed by atoms with E-state index in [-0.39, 0.29) is 30.6 Å². The predicted molar refractivity (Wildman–Crippen MR) is 73.8 cm³/mol. The maximum absolute atomic E-state index is 12.3. The number of aliphatic carboxylic acids is 1. The van der Waals surface area contributed by atoms with Crippen molar-refractivity contribution in [1.29, 1.82) is 0 Å². The fourth-order valence-corrected chi connectivity index (χ4v) is 1.84. The summed E-state index contributed by atoms with van der Waals surface area (Å²) in [5.74, 6) is -1.12. The van der Waals surface area contributed by atoms with Crippen molar-refractivity contribution in [1.82, 2.24) is 9.88 Å². The van der Waals surface area contributed by atoms with Gasteiger partial charge in [0.15, 0.2) is 5.78 Å². The second kappa shape index (κ2) is 6.88. The largest absolute Gasteiger partial charge is 0.481 e. The predicted octanol–water partition coefficient (Wildman–Crippen LogP) is 1.79. The van der Waals surface area contributed by atoms with Crippen molar-refractivity contribution >= 4 is 17.7 Å². The van der Waals surface area contributed by atoms with Crippen LogP contribution in [0.25, 0.3) is 0 Å². The van der Waals surface area contributed by atoms with Gasteiger partial charge in [-0.15, -0.1) is 0 Å². The number of nitrogens with zero attached hydrogens (tertiary/aromatic N) is 1. The molecule has 0 aliphatic heterocycles. The Bertz CT molecular complexity index is 505. The molecule has 0 bridgehead atoms. The Hall–Kier alpha value is -2.11. The minimum absolute atomic E-state index is 0.0985. The van der Waals surface area contributed by atoms with Crippen LogP contribution < -0.4 is 0 Å². The number of rotatable bonds is 7. The molecule has 0 unspecified atom stereocenters. The molecule has 0 spiro atoms. The molecule has 0 saturated carbocycles. The molecule has 0 aliphatic rings. The van der Waals surface area contributed by atoms with E-state index in [1.165, 1.54) is 24.1 Å². The lowest BCUT2D eigenvalue weighted by Gasteiger charge is -2.23. The van der Waals surface area contributed by atoms with Gasteiger partial charge in [-0.05, 0) is 18.9 Å². The Morgan fingerprint density at radius 2 is 2.00 bits per heavy atom. The Morgan fingerprint density at radius 1 is 1.35 bits per heavy atom. The van der Waals surface area contributed by atoms with Crippen LogP contribution in [0.2, 0.25) is 0 Å². The summed E-state index contributed by atoms with van der Waals surface area (Å²) < 4.78 is 0. The Kier molecular flexibility index (Phi) is 5.49. The quantitative estimate of drug-likeness (QED) is 0.745. The van der Waals surface area contributed by atoms with Gasteiger partial charge in [0.25, 0.3) is 5.91 Å². The number of hydrogen-bond donors (Lipinski definition) is 2. The third-order valence-corrected chi connectivity index (χ3v) is 2.79. The van der Waals surface area contributed by atoms with Gasteiger partial charge in [-0.1, -0.05) is 13.8 Å². The molecule has 20 heavy (non-hydrogen) atoms. The first-order chi connectivity index (χ1) is 9.31. The number of carboxylic acid groups (broad SMARTS) is 1. The second-order valence-electron chi connectivity index (χ2n) is 5.15. The molecule has 1 amide bonds. The number of Topliss-reactive ketones (excluding diaryl/α,β-unsaturated/α-hetero) is 1. The maximum Gasteiger partial charge on any atom is 0.305 e. The lowest BCUT2D eigenvalue weighted by Crippen LogP contribution is -2.36. The minimum Gasteiger partial charge on any atom is -0.481 e. The number of carboxylic acids is 1. The normalized spacial score (nSPS) is 10.6. The van der Waals surface area contributed by atoms with Crippen LogP contribution in [0, 0.1) is 5.92 Å². The molecule has 0 atom stereocenters. The first-order valence-electron chi connectivity index (χ1n) is 6.51. The molecular formula is C14H20N2O4. The number of nitrogens with one attached hydrogen (secondary N) is 1. The molecule has 0 saturated heterocycles. The number of amides is 1. The topological polar surface area (TPSA) is 90.5 Å². The number of hydrogen-bond acceptors (Lipinski definition) is 3. The van der Waals surface area contributed by atoms with E-state index < -0.39 is 5.97 Å². The zero-order chi connectivity index (χ0) is 15.3. The molecule has 6 nitrogen and oxygen atoms in total. The van der Waals surface area contributed by atoms with Crippen LogP contribution in [0.3, 0.4) is 0 Å². The highest BCUT2D eigenvalue weighted by Crippen LogP contribution is 2.10. The third-order valence-electron chi connectivity index (χ3n) is 2.79. The Labute approximate surface area is 117 Å². The number of H-pyrrole nitrogens is 1. The standard InChI is InChI=1S/C14H20N2O4/c1-9(2)8-16(5-4-13(18)19)14(20)12-6-11(7-15-12)10(3)17/h6-7,9,15H,4-5,8H2,1-3H3,(H,18,19). The summed E-state index contributed by atoms with van der Waals surface area (Å²) in [6, 6.07) is 1.50. The van der Waals surface area contributed by atoms with Crippen molar-refractivity contribution in [3.8, 4) is 0 Å². The van der Waals surface area contributed by atoms with Crippen LogP contribution >= 0.6 is 0 Å². The molecule has 1 aromatic heterocycles. The molecule has 0 aliphatic carbocycles. The summed E-state index contributed by atoms with van der Waals surface area (Å²) in [6.07, 6.45) is 1.39. The SMILES string of the molecule is CC(=O)c1c[nH]c(C(=O)N(CCC(=O)O)CC(C)C)c1. The summed E-state index contributed by atoms with van der Waals surface area (Å²) in [4.78, 5) is 38.5. The lowest BCUT2D eigenvalue weighted by atomic mass is 10.2. The summed E-state index contributed by atoms with van der Waals surface area (Å²) in [6.45, 7) is 5.96. The van der Waals surface area contributed by atoms with Crippen LogP contribution in [0.1, 0.15) is 48.0 Å². The zero-order valence-corrected chi connectivity index (χ0v) is 12.0. The van der Waals surface area contributed by atoms with Crippen LogP contribution in [-0.4, -0.2) is 45.7 Å². The molecule has 2 N–H and O–H groups in total. The van der Waals surface area contributed by atoms with E-state index in [1.807, 2.05) is 13.8 Å². The van der Waals surface area contributed by atoms with Gasteiger partial charge in [0.2, 0.25) is 0 Å². The van der Waals surface area contributed by atoms with Crippen molar-refractivity contribution in [2.75, 3.05) is 13.1 Å². The summed E-state index contributed by atoms with van der Waals surface area (Å²) in [5.41, 5.74) is 0.748. The van der Waals surface area contributed by atoms with Gasteiger partial charge in [-0.25, -0.2) is 0 Å². The molecule has 1 aromatic rings. The first-order valence-corrected chi connectivity index (χ1v) is 6.51. The average Bonchev–Trinajstić information content (AvgIpc) is 2.82. The van der Waals surface area contributed by atoms with E-state index in [1.54, 1.807) is 0 Å². The molecule has 0 fully saturated rings. The van der Waals surface area contributed by atoms with Crippen molar-refractivity contribution in [2.24, 2.45) is 5.92 Å². The van der Waals surface area contributed by atoms with Gasteiger partial charge < -0.3 is 15.0 Å². The van der Waals surface area contributed by atoms with E-state index in [2.05, 4.69) is 4.98 Å². The van der Waals surface area contributed by atoms with E-state index in [4.69, 9.17) is 5.11 Å². The van der Waals surface area contributed by atoms with E-state index in [0.717, 1.165) is 0 Å². The molecular weight excluding hydrogens is 260 g/mol. The minimum atomic E-state index is -0.942. The van der Waals surface area contributed by atoms with Gasteiger partial charge in [0.05, 0.1) is 6.42 Å². The highest BCUT2D eigenvalue weighted by molar-refractivity contribution is 5.99. The third kappa shape index (κ3) is 4.53. The van der Waals surface area contributed by atoms with Crippen molar-refractivity contribution < 1.29 is 19.5 Å². The number of carbonyl (C=O) groups is 3. The van der Waals surface area contributed by atoms with Crippen LogP contribution in [0.4, 0.5) is 0 Å². The smallest absolute Gasteiger partial charge is 0.305 e. The Balaban J connectivity index is 2.84. The fourth-order valence-electron chi connectivity index (χ4n) is 1.84. The lowest BCUT2D eigenvalue weighted by molar-refractivity contribution is -0.137. The fraction of sp³-hybridized carbons (Fsp3) is 0.500. The molecule has 0 radical (unpaired) electrons. The van der Waals surface area contributed by atoms with Crippen molar-refractivity contribution in [3.63, 3.8) is 0 Å². The number of aromatic nitrogens is 1. The van der Waals surface area contributed by atoms with Crippen LogP contribution in [0.5, 0.6) is 0 Å². The summed E-state index contributed by atoms with van der Waals surface area (Å²) in [7, 11) is 0. The van der Waals surface area contributed by atoms with E-state index in [0.29, 0.717) is 17.8 Å².